The minimum atomic E-state index is -0.338. The van der Waals surface area contributed by atoms with Gasteiger partial charge in [0, 0.05) is 17.9 Å². The van der Waals surface area contributed by atoms with E-state index < -0.39 is 0 Å². The molecule has 4 rings (SSSR count). The van der Waals surface area contributed by atoms with Crippen molar-refractivity contribution < 1.29 is 13.6 Å². The number of hydrogen-bond acceptors (Lipinski definition) is 3. The maximum absolute atomic E-state index is 13.2. The lowest BCUT2D eigenvalue weighted by Gasteiger charge is -2.31. The number of aromatic nitrogens is 2. The summed E-state index contributed by atoms with van der Waals surface area (Å²) in [4.78, 5) is 14.5. The molecule has 1 N–H and O–H groups in total. The minimum absolute atomic E-state index is 0.0117. The third-order valence-electron chi connectivity index (χ3n) is 4.57. The van der Waals surface area contributed by atoms with Gasteiger partial charge < -0.3 is 10.2 Å². The van der Waals surface area contributed by atoms with E-state index in [-0.39, 0.29) is 23.6 Å². The molecule has 0 unspecified atom stereocenters. The van der Waals surface area contributed by atoms with Gasteiger partial charge in [0.25, 0.3) is 5.91 Å². The number of halogens is 2. The highest BCUT2D eigenvalue weighted by Crippen LogP contribution is 2.27. The standard InChI is InChI=1S/C20H18F2N4O/c1-13-12-25(18-8-4-15(22)5-9-18)20(27)19-10-17(24-26(13)19)11-23-16-6-2-14(21)3-7-16/h2-10,13,23H,11-12H2,1H3/t13-/m0/s1. The number of nitrogens with zero attached hydrogens (tertiary/aromatic N) is 3. The van der Waals surface area contributed by atoms with Crippen LogP contribution >= 0.6 is 0 Å². The fourth-order valence-corrected chi connectivity index (χ4v) is 3.19. The Morgan fingerprint density at radius 1 is 1.07 bits per heavy atom. The molecule has 0 saturated carbocycles. The number of carbonyl (C=O) groups excluding carboxylic acids is 1. The number of anilines is 2. The molecule has 0 aliphatic carbocycles. The molecule has 1 aliphatic rings. The lowest BCUT2D eigenvalue weighted by atomic mass is 10.1. The third-order valence-corrected chi connectivity index (χ3v) is 4.57. The Bertz CT molecular complexity index is 967. The van der Waals surface area contributed by atoms with E-state index in [4.69, 9.17) is 0 Å². The fourth-order valence-electron chi connectivity index (χ4n) is 3.19. The van der Waals surface area contributed by atoms with Crippen molar-refractivity contribution in [3.05, 3.63) is 77.6 Å². The van der Waals surface area contributed by atoms with Gasteiger partial charge in [-0.05, 0) is 61.5 Å². The van der Waals surface area contributed by atoms with Crippen LogP contribution in [0.2, 0.25) is 0 Å². The first-order valence-corrected chi connectivity index (χ1v) is 8.66. The fraction of sp³-hybridized carbons (Fsp3) is 0.200. The van der Waals surface area contributed by atoms with Crippen LogP contribution in [0.25, 0.3) is 0 Å². The molecule has 3 aromatic rings. The van der Waals surface area contributed by atoms with Crippen LogP contribution in [0.1, 0.15) is 29.1 Å². The SMILES string of the molecule is C[C@H]1CN(c2ccc(F)cc2)C(=O)c2cc(CNc3ccc(F)cc3)nn21. The summed E-state index contributed by atoms with van der Waals surface area (Å²) in [7, 11) is 0. The first kappa shape index (κ1) is 17.2. The van der Waals surface area contributed by atoms with Crippen molar-refractivity contribution in [2.24, 2.45) is 0 Å². The zero-order chi connectivity index (χ0) is 19.0. The Morgan fingerprint density at radius 3 is 2.37 bits per heavy atom. The largest absolute Gasteiger partial charge is 0.379 e. The summed E-state index contributed by atoms with van der Waals surface area (Å²) >= 11 is 0. The predicted molar refractivity (Wildman–Crippen MR) is 98.7 cm³/mol. The van der Waals surface area contributed by atoms with E-state index >= 15 is 0 Å². The van der Waals surface area contributed by atoms with E-state index in [2.05, 4.69) is 10.4 Å². The molecule has 1 aromatic heterocycles. The Balaban J connectivity index is 1.54. The highest BCUT2D eigenvalue weighted by Gasteiger charge is 2.31. The summed E-state index contributed by atoms with van der Waals surface area (Å²) in [6.45, 7) is 2.86. The molecule has 0 fully saturated rings. The summed E-state index contributed by atoms with van der Waals surface area (Å²) in [6.07, 6.45) is 0. The van der Waals surface area contributed by atoms with E-state index in [1.165, 1.54) is 24.3 Å². The number of amides is 1. The quantitative estimate of drug-likeness (QED) is 0.757. The van der Waals surface area contributed by atoms with Crippen molar-refractivity contribution in [2.45, 2.75) is 19.5 Å². The van der Waals surface area contributed by atoms with Gasteiger partial charge in [-0.3, -0.25) is 9.48 Å². The van der Waals surface area contributed by atoms with Crippen LogP contribution in [-0.4, -0.2) is 22.2 Å². The maximum atomic E-state index is 13.2. The summed E-state index contributed by atoms with van der Waals surface area (Å²) < 4.78 is 27.9. The van der Waals surface area contributed by atoms with Gasteiger partial charge in [0.1, 0.15) is 17.3 Å². The van der Waals surface area contributed by atoms with Gasteiger partial charge in [-0.25, -0.2) is 8.78 Å². The molecule has 2 heterocycles. The van der Waals surface area contributed by atoms with E-state index in [0.29, 0.717) is 24.5 Å². The van der Waals surface area contributed by atoms with Crippen molar-refractivity contribution >= 4 is 17.3 Å². The second-order valence-electron chi connectivity index (χ2n) is 6.57. The number of hydrogen-bond donors (Lipinski definition) is 1. The Hall–Kier alpha value is -3.22. The van der Waals surface area contributed by atoms with Crippen LogP contribution in [0.4, 0.5) is 20.2 Å². The Kier molecular flexibility index (Phi) is 4.35. The van der Waals surface area contributed by atoms with Crippen molar-refractivity contribution in [3.8, 4) is 0 Å². The van der Waals surface area contributed by atoms with Crippen LogP contribution in [0.15, 0.2) is 54.6 Å². The first-order chi connectivity index (χ1) is 13.0. The van der Waals surface area contributed by atoms with Gasteiger partial charge in [0.15, 0.2) is 0 Å². The monoisotopic (exact) mass is 368 g/mol. The van der Waals surface area contributed by atoms with Crippen molar-refractivity contribution in [2.75, 3.05) is 16.8 Å². The molecular weight excluding hydrogens is 350 g/mol. The zero-order valence-electron chi connectivity index (χ0n) is 14.7. The third kappa shape index (κ3) is 3.40. The molecular formula is C20H18F2N4O. The summed E-state index contributed by atoms with van der Waals surface area (Å²) in [5, 5.41) is 7.70. The van der Waals surface area contributed by atoms with Crippen LogP contribution < -0.4 is 10.2 Å². The molecule has 27 heavy (non-hydrogen) atoms. The molecule has 1 atom stereocenters. The highest BCUT2D eigenvalue weighted by molar-refractivity contribution is 6.05. The average molecular weight is 368 g/mol. The second-order valence-corrected chi connectivity index (χ2v) is 6.57. The van der Waals surface area contributed by atoms with Crippen LogP contribution in [0.5, 0.6) is 0 Å². The first-order valence-electron chi connectivity index (χ1n) is 8.66. The number of benzene rings is 2. The molecule has 138 valence electrons. The Labute approximate surface area is 155 Å². The molecule has 0 bridgehead atoms. The highest BCUT2D eigenvalue weighted by atomic mass is 19.1. The van der Waals surface area contributed by atoms with Crippen molar-refractivity contribution in [3.63, 3.8) is 0 Å². The zero-order valence-corrected chi connectivity index (χ0v) is 14.7. The normalized spacial score (nSPS) is 16.3. The summed E-state index contributed by atoms with van der Waals surface area (Å²) in [5.74, 6) is -0.797. The van der Waals surface area contributed by atoms with Gasteiger partial charge in [-0.2, -0.15) is 5.10 Å². The van der Waals surface area contributed by atoms with Gasteiger partial charge >= 0.3 is 0 Å². The van der Waals surface area contributed by atoms with E-state index in [9.17, 15) is 13.6 Å². The number of carbonyl (C=O) groups is 1. The van der Waals surface area contributed by atoms with E-state index in [1.807, 2.05) is 6.92 Å². The topological polar surface area (TPSA) is 50.2 Å². The van der Waals surface area contributed by atoms with Crippen molar-refractivity contribution in [1.82, 2.24) is 9.78 Å². The lowest BCUT2D eigenvalue weighted by Crippen LogP contribution is -2.42. The summed E-state index contributed by atoms with van der Waals surface area (Å²) in [6, 6.07) is 13.7. The van der Waals surface area contributed by atoms with Gasteiger partial charge in [0.2, 0.25) is 0 Å². The van der Waals surface area contributed by atoms with Gasteiger partial charge in [-0.1, -0.05) is 0 Å². The molecule has 0 spiro atoms. The van der Waals surface area contributed by atoms with Gasteiger partial charge in [-0.15, -0.1) is 0 Å². The maximum Gasteiger partial charge on any atom is 0.276 e. The predicted octanol–water partition coefficient (Wildman–Crippen LogP) is 3.99. The number of rotatable bonds is 4. The molecule has 0 radical (unpaired) electrons. The molecule has 1 amide bonds. The van der Waals surface area contributed by atoms with E-state index in [1.54, 1.807) is 39.9 Å². The van der Waals surface area contributed by atoms with Crippen LogP contribution in [0.3, 0.4) is 0 Å². The second kappa shape index (κ2) is 6.83. The van der Waals surface area contributed by atoms with Gasteiger partial charge in [0.05, 0.1) is 18.3 Å². The smallest absolute Gasteiger partial charge is 0.276 e. The lowest BCUT2D eigenvalue weighted by molar-refractivity contribution is 0.0953. The molecule has 2 aromatic carbocycles. The molecule has 5 nitrogen and oxygen atoms in total. The van der Waals surface area contributed by atoms with Crippen LogP contribution in [-0.2, 0) is 6.54 Å². The van der Waals surface area contributed by atoms with E-state index in [0.717, 1.165) is 11.4 Å². The number of nitrogens with one attached hydrogen (secondary N) is 1. The molecule has 0 saturated heterocycles. The minimum Gasteiger partial charge on any atom is -0.379 e. The summed E-state index contributed by atoms with van der Waals surface area (Å²) in [5.41, 5.74) is 2.64. The average Bonchev–Trinajstić information content (AvgIpc) is 3.10. The van der Waals surface area contributed by atoms with Crippen LogP contribution in [0, 0.1) is 11.6 Å². The molecule has 7 heteroatoms. The Morgan fingerprint density at radius 2 is 1.70 bits per heavy atom. The molecule has 1 aliphatic heterocycles. The number of fused-ring (bicyclic) bond motifs is 1. The van der Waals surface area contributed by atoms with Crippen molar-refractivity contribution in [1.29, 1.82) is 0 Å².